The maximum absolute atomic E-state index is 13.8. The van der Waals surface area contributed by atoms with Crippen molar-refractivity contribution in [3.8, 4) is 0 Å². The number of aryl methyl sites for hydroxylation is 1. The Morgan fingerprint density at radius 2 is 1.39 bits per heavy atom. The number of benzene rings is 4. The zero-order valence-corrected chi connectivity index (χ0v) is 18.1. The smallest absolute Gasteiger partial charge is 0.266 e. The van der Waals surface area contributed by atoms with Crippen LogP contribution in [0.3, 0.4) is 0 Å². The highest BCUT2D eigenvalue weighted by Gasteiger charge is 2.60. The van der Waals surface area contributed by atoms with Crippen LogP contribution >= 0.6 is 0 Å². The molecule has 0 saturated carbocycles. The predicted molar refractivity (Wildman–Crippen MR) is 128 cm³/mol. The van der Waals surface area contributed by atoms with Crippen LogP contribution in [0, 0.1) is 12.8 Å². The molecule has 162 valence electrons. The van der Waals surface area contributed by atoms with Crippen LogP contribution in [-0.2, 0) is 14.4 Å². The Morgan fingerprint density at radius 3 is 2.18 bits per heavy atom. The normalized spacial score (nSPS) is 22.3. The molecule has 0 N–H and O–H groups in total. The number of hydroxylamine groups is 1. The average molecular weight is 434 g/mol. The Kier molecular flexibility index (Phi) is 4.52. The first-order valence-corrected chi connectivity index (χ1v) is 11.1. The first-order chi connectivity index (χ1) is 16.1. The van der Waals surface area contributed by atoms with Crippen LogP contribution in [0.4, 0.5) is 11.4 Å². The molecule has 0 aliphatic carbocycles. The minimum Gasteiger partial charge on any atom is -0.273 e. The molecule has 4 aromatic carbocycles. The van der Waals surface area contributed by atoms with E-state index in [2.05, 4.69) is 0 Å². The molecule has 33 heavy (non-hydrogen) atoms. The summed E-state index contributed by atoms with van der Waals surface area (Å²) < 4.78 is 0. The summed E-state index contributed by atoms with van der Waals surface area (Å²) in [6.07, 6.45) is -0.867. The zero-order chi connectivity index (χ0) is 22.5. The summed E-state index contributed by atoms with van der Waals surface area (Å²) in [4.78, 5) is 34.9. The van der Waals surface area contributed by atoms with Crippen molar-refractivity contribution in [3.05, 3.63) is 108 Å². The van der Waals surface area contributed by atoms with Gasteiger partial charge in [0, 0.05) is 0 Å². The van der Waals surface area contributed by atoms with Crippen LogP contribution in [-0.4, -0.2) is 17.9 Å². The molecule has 4 aromatic rings. The maximum atomic E-state index is 13.8. The van der Waals surface area contributed by atoms with Gasteiger partial charge in [-0.15, -0.1) is 0 Å². The number of carbonyl (C=O) groups is 2. The number of para-hydroxylation sites is 1. The molecule has 2 amide bonds. The summed E-state index contributed by atoms with van der Waals surface area (Å²) in [6.45, 7) is 2.02. The van der Waals surface area contributed by atoms with E-state index < -0.39 is 18.1 Å². The molecule has 5 heteroatoms. The van der Waals surface area contributed by atoms with Gasteiger partial charge in [0.05, 0.1) is 17.4 Å². The van der Waals surface area contributed by atoms with Crippen molar-refractivity contribution in [2.24, 2.45) is 5.92 Å². The fourth-order valence-corrected chi connectivity index (χ4v) is 5.02. The molecule has 2 saturated heterocycles. The Balaban J connectivity index is 1.45. The molecule has 2 aliphatic heterocycles. The van der Waals surface area contributed by atoms with Gasteiger partial charge in [0.15, 0.2) is 6.10 Å². The number of fused-ring (bicyclic) bond motifs is 2. The molecule has 0 bridgehead atoms. The Morgan fingerprint density at radius 1 is 0.697 bits per heavy atom. The van der Waals surface area contributed by atoms with Gasteiger partial charge in [-0.1, -0.05) is 72.8 Å². The number of imide groups is 1. The Bertz CT molecular complexity index is 1380. The molecule has 0 radical (unpaired) electrons. The molecule has 3 atom stereocenters. The van der Waals surface area contributed by atoms with Crippen LogP contribution < -0.4 is 9.96 Å². The van der Waals surface area contributed by atoms with Crippen molar-refractivity contribution >= 4 is 34.0 Å². The van der Waals surface area contributed by atoms with Gasteiger partial charge in [-0.3, -0.25) is 14.4 Å². The number of hydrogen-bond donors (Lipinski definition) is 0. The minimum absolute atomic E-state index is 0.230. The fourth-order valence-electron chi connectivity index (χ4n) is 5.02. The second-order valence-electron chi connectivity index (χ2n) is 8.56. The van der Waals surface area contributed by atoms with E-state index in [-0.39, 0.29) is 11.8 Å². The highest BCUT2D eigenvalue weighted by atomic mass is 16.7. The number of rotatable bonds is 3. The topological polar surface area (TPSA) is 49.9 Å². The Labute approximate surface area is 191 Å². The van der Waals surface area contributed by atoms with Crippen molar-refractivity contribution in [3.63, 3.8) is 0 Å². The van der Waals surface area contributed by atoms with Crippen molar-refractivity contribution in [2.75, 3.05) is 9.96 Å². The average Bonchev–Trinajstić information content (AvgIpc) is 3.35. The van der Waals surface area contributed by atoms with Crippen molar-refractivity contribution in [1.29, 1.82) is 0 Å². The van der Waals surface area contributed by atoms with Crippen molar-refractivity contribution in [1.82, 2.24) is 0 Å². The SMILES string of the molecule is Cc1ccccc1[C@H]1[C@H]2C(=O)N(c3ccc4ccccc4c3)C(=O)[C@H]2ON1c1ccccc1. The van der Waals surface area contributed by atoms with Gasteiger partial charge >= 0.3 is 0 Å². The van der Waals surface area contributed by atoms with Gasteiger partial charge in [-0.05, 0) is 53.1 Å². The van der Waals surface area contributed by atoms with Crippen molar-refractivity contribution in [2.45, 2.75) is 19.1 Å². The van der Waals surface area contributed by atoms with Gasteiger partial charge in [0.25, 0.3) is 5.91 Å². The lowest BCUT2D eigenvalue weighted by atomic mass is 9.88. The summed E-state index contributed by atoms with van der Waals surface area (Å²) in [6, 6.07) is 30.8. The molecule has 0 unspecified atom stereocenters. The molecule has 6 rings (SSSR count). The van der Waals surface area contributed by atoms with Crippen LogP contribution in [0.5, 0.6) is 0 Å². The van der Waals surface area contributed by atoms with E-state index in [1.54, 1.807) is 5.06 Å². The summed E-state index contributed by atoms with van der Waals surface area (Å²) in [7, 11) is 0. The van der Waals surface area contributed by atoms with E-state index in [0.717, 1.165) is 27.6 Å². The standard InChI is InChI=1S/C28H22N2O3/c1-18-9-5-8-14-23(18)25-24-26(33-30(25)21-12-3-2-4-13-21)28(32)29(27(24)31)22-16-15-19-10-6-7-11-20(19)17-22/h2-17,24-26H,1H3/t24-,25+,26+/m1/s1. The van der Waals surface area contributed by atoms with E-state index in [0.29, 0.717) is 5.69 Å². The zero-order valence-electron chi connectivity index (χ0n) is 18.1. The lowest BCUT2D eigenvalue weighted by molar-refractivity contribution is -0.126. The lowest BCUT2D eigenvalue weighted by Gasteiger charge is -2.29. The summed E-state index contributed by atoms with van der Waals surface area (Å²) in [5.41, 5.74) is 3.43. The number of hydrogen-bond acceptors (Lipinski definition) is 4. The summed E-state index contributed by atoms with van der Waals surface area (Å²) in [5, 5.41) is 3.78. The van der Waals surface area contributed by atoms with Crippen LogP contribution in [0.25, 0.3) is 10.8 Å². The van der Waals surface area contributed by atoms with Gasteiger partial charge in [-0.25, -0.2) is 9.96 Å². The first kappa shape index (κ1) is 19.7. The monoisotopic (exact) mass is 434 g/mol. The van der Waals surface area contributed by atoms with Gasteiger partial charge < -0.3 is 0 Å². The number of anilines is 2. The van der Waals surface area contributed by atoms with E-state index >= 15 is 0 Å². The largest absolute Gasteiger partial charge is 0.273 e. The third-order valence-electron chi connectivity index (χ3n) is 6.62. The Hall–Kier alpha value is -3.96. The third-order valence-corrected chi connectivity index (χ3v) is 6.62. The minimum atomic E-state index is -0.867. The molecule has 5 nitrogen and oxygen atoms in total. The van der Waals surface area contributed by atoms with E-state index in [9.17, 15) is 9.59 Å². The molecule has 2 aliphatic rings. The highest BCUT2D eigenvalue weighted by molar-refractivity contribution is 6.24. The predicted octanol–water partition coefficient (Wildman–Crippen LogP) is 5.20. The van der Waals surface area contributed by atoms with Crippen LogP contribution in [0.2, 0.25) is 0 Å². The van der Waals surface area contributed by atoms with Crippen LogP contribution in [0.15, 0.2) is 97.1 Å². The summed E-state index contributed by atoms with van der Waals surface area (Å²) in [5.74, 6) is -1.19. The number of nitrogens with zero attached hydrogens (tertiary/aromatic N) is 2. The van der Waals surface area contributed by atoms with E-state index in [1.165, 1.54) is 4.90 Å². The molecule has 0 spiro atoms. The molecule has 2 heterocycles. The fraction of sp³-hybridized carbons (Fsp3) is 0.143. The van der Waals surface area contributed by atoms with Gasteiger partial charge in [0.1, 0.15) is 5.92 Å². The molecular formula is C28H22N2O3. The first-order valence-electron chi connectivity index (χ1n) is 11.1. The second kappa shape index (κ2) is 7.57. The van der Waals surface area contributed by atoms with Crippen LogP contribution in [0.1, 0.15) is 17.2 Å². The van der Waals surface area contributed by atoms with Gasteiger partial charge in [0.2, 0.25) is 5.91 Å². The van der Waals surface area contributed by atoms with Gasteiger partial charge in [-0.2, -0.15) is 0 Å². The maximum Gasteiger partial charge on any atom is 0.266 e. The molecular weight excluding hydrogens is 412 g/mol. The number of carbonyl (C=O) groups excluding carboxylic acids is 2. The summed E-state index contributed by atoms with van der Waals surface area (Å²) >= 11 is 0. The number of amides is 2. The second-order valence-corrected chi connectivity index (χ2v) is 8.56. The molecule has 0 aromatic heterocycles. The lowest BCUT2D eigenvalue weighted by Crippen LogP contribution is -2.37. The highest BCUT2D eigenvalue weighted by Crippen LogP contribution is 2.48. The quantitative estimate of drug-likeness (QED) is 0.416. The third kappa shape index (κ3) is 3.04. The van der Waals surface area contributed by atoms with Crippen molar-refractivity contribution < 1.29 is 14.4 Å². The van der Waals surface area contributed by atoms with E-state index in [4.69, 9.17) is 4.84 Å². The van der Waals surface area contributed by atoms with E-state index in [1.807, 2.05) is 104 Å². The molecule has 2 fully saturated rings.